The number of hydrogen-bond acceptors (Lipinski definition) is 4. The Bertz CT molecular complexity index is 4900. The van der Waals surface area contributed by atoms with Crippen LogP contribution in [-0.4, -0.2) is 28.7 Å². The van der Waals surface area contributed by atoms with Gasteiger partial charge in [0.1, 0.15) is 0 Å². The Morgan fingerprint density at radius 2 is 0.780 bits per heavy atom. The average molecular weight is 777 g/mol. The van der Waals surface area contributed by atoms with Crippen molar-refractivity contribution >= 4 is 65.4 Å². The lowest BCUT2D eigenvalue weighted by molar-refractivity contribution is 0.950. The van der Waals surface area contributed by atoms with Crippen molar-refractivity contribution in [2.75, 3.05) is 0 Å². The number of aromatic nitrogens is 6. The zero-order chi connectivity index (χ0) is 59.0. The minimum atomic E-state index is -0.786. The molecule has 0 radical (unpaired) electrons. The van der Waals surface area contributed by atoms with Crippen LogP contribution in [0, 0.1) is 11.3 Å². The molecule has 0 spiro atoms. The van der Waals surface area contributed by atoms with Crippen LogP contribution >= 0.6 is 0 Å². The molecule has 0 saturated heterocycles. The van der Waals surface area contributed by atoms with E-state index in [0.717, 1.165) is 4.57 Å². The third kappa shape index (κ3) is 4.90. The van der Waals surface area contributed by atoms with E-state index in [0.29, 0.717) is 0 Å². The highest BCUT2D eigenvalue weighted by atomic mass is 15.2. The van der Waals surface area contributed by atoms with Crippen LogP contribution in [0.15, 0.2) is 188 Å². The zero-order valence-electron chi connectivity index (χ0n) is 52.7. The molecule has 274 valence electrons. The number of benzene rings is 8. The van der Waals surface area contributed by atoms with E-state index >= 15 is 0 Å². The fraction of sp³-hybridized carbons (Fsp3) is 0. The normalized spacial score (nSPS) is 17.2. The lowest BCUT2D eigenvalue weighted by atomic mass is 10.1. The molecule has 0 N–H and O–H groups in total. The number of fused-ring (bicyclic) bond motifs is 9. The van der Waals surface area contributed by atoms with Crippen LogP contribution in [0.4, 0.5) is 0 Å². The molecule has 0 amide bonds. The van der Waals surface area contributed by atoms with E-state index in [1.165, 1.54) is 57.7 Å². The summed E-state index contributed by atoms with van der Waals surface area (Å²) in [6.45, 7) is 0. The molecule has 12 aromatic rings. The van der Waals surface area contributed by atoms with Crippen LogP contribution < -0.4 is 0 Å². The van der Waals surface area contributed by atoms with Crippen molar-refractivity contribution in [3.63, 3.8) is 0 Å². The maximum Gasteiger partial charge on any atom is 0.238 e. The van der Waals surface area contributed by atoms with E-state index < -0.39 is 173 Å². The van der Waals surface area contributed by atoms with E-state index in [9.17, 15) is 13.5 Å². The number of hydrogen-bond donors (Lipinski definition) is 0. The summed E-state index contributed by atoms with van der Waals surface area (Å²) in [4.78, 5) is 14.7. The third-order valence-corrected chi connectivity index (χ3v) is 9.93. The number of nitriles is 1. The molecule has 4 aromatic heterocycles. The molecule has 59 heavy (non-hydrogen) atoms. The zero-order valence-corrected chi connectivity index (χ0v) is 29.7. The lowest BCUT2D eigenvalue weighted by Crippen LogP contribution is -2.09. The first-order chi connectivity index (χ1) is 38.8. The molecule has 8 aromatic carbocycles. The van der Waals surface area contributed by atoms with Gasteiger partial charge < -0.3 is 9.13 Å². The van der Waals surface area contributed by atoms with Crippen molar-refractivity contribution in [3.05, 3.63) is 193 Å². The van der Waals surface area contributed by atoms with Crippen molar-refractivity contribution in [2.45, 2.75) is 0 Å². The Balaban J connectivity index is 1.30. The SMILES string of the molecule is [2H]c1c([2H])c([2H])c2c(c1[2H])c1c([2H])c([2H])c([2H])c([2H])c1n2-c1nc(-c2ccccc2-n2c3c([2H])c([2H])c([2H])c([2H])c3c3c([2H])c([2H])c([2H])c([2H])c32)nc(-c2ccccc2-n2c3c([2H])c([2H])c([2H])c([2H])c3c3c([2H])c([2H])c(C#N)c([2H])c32)n1. The van der Waals surface area contributed by atoms with Gasteiger partial charge in [-0.1, -0.05) is 121 Å². The first kappa shape index (κ1) is 17.4. The molecule has 7 nitrogen and oxygen atoms in total. The van der Waals surface area contributed by atoms with Gasteiger partial charge in [0.15, 0.2) is 11.6 Å². The highest BCUT2D eigenvalue weighted by Gasteiger charge is 2.23. The summed E-state index contributed by atoms with van der Waals surface area (Å²) < 4.78 is 210. The second kappa shape index (κ2) is 12.8. The molecule has 0 unspecified atom stereocenters. The van der Waals surface area contributed by atoms with Gasteiger partial charge in [-0.05, 0) is 66.6 Å². The van der Waals surface area contributed by atoms with Crippen LogP contribution in [0.3, 0.4) is 0 Å². The maximum atomic E-state index is 10.3. The minimum Gasteiger partial charge on any atom is -0.309 e. The minimum absolute atomic E-state index is 0.0737. The predicted octanol–water partition coefficient (Wildman–Crippen LogP) is 12.4. The van der Waals surface area contributed by atoms with E-state index in [1.807, 2.05) is 0 Å². The van der Waals surface area contributed by atoms with Crippen LogP contribution in [0.1, 0.15) is 37.1 Å². The standard InChI is InChI=1S/C52H31N7/c53-32-33-29-30-39-38-19-3-10-24-44(38)58(49(39)31-33)48-28-14-7-21-41(48)51-54-50(55-52(56-51)59-45-25-11-4-17-36(45)37-18-5-12-26-46(37)59)40-20-6-13-27-47(40)57-42-22-8-1-15-34(42)35-16-2-9-23-43(35)57/h1-31H/i1D,2D,3D,4D,5D,8D,9D,10D,11D,12D,15D,16D,17D,18D,19D,22D,23D,24D,25D,26D,29D,30D,31D. The second-order valence-electron chi connectivity index (χ2n) is 13.0. The van der Waals surface area contributed by atoms with Crippen LogP contribution in [0.25, 0.3) is 106 Å². The van der Waals surface area contributed by atoms with Gasteiger partial charge in [-0.25, -0.2) is 4.98 Å². The largest absolute Gasteiger partial charge is 0.309 e. The molecule has 0 aliphatic heterocycles. The van der Waals surface area contributed by atoms with E-state index in [4.69, 9.17) is 38.3 Å². The van der Waals surface area contributed by atoms with Crippen LogP contribution in [-0.2, 0) is 0 Å². The van der Waals surface area contributed by atoms with Gasteiger partial charge in [0.2, 0.25) is 5.95 Å². The molecule has 0 saturated carbocycles. The van der Waals surface area contributed by atoms with Crippen molar-refractivity contribution in [1.29, 1.82) is 5.26 Å². The molecule has 0 bridgehead atoms. The van der Waals surface area contributed by atoms with Crippen LogP contribution in [0.2, 0.25) is 0 Å². The Hall–Kier alpha value is -8.34. The topological polar surface area (TPSA) is 77.2 Å². The second-order valence-corrected chi connectivity index (χ2v) is 13.0. The van der Waals surface area contributed by atoms with Crippen molar-refractivity contribution in [2.24, 2.45) is 0 Å². The molecular formula is C52H31N7. The Kier molecular flexibility index (Phi) is 3.80. The predicted molar refractivity (Wildman–Crippen MR) is 238 cm³/mol. The Morgan fingerprint density at radius 1 is 0.407 bits per heavy atom. The van der Waals surface area contributed by atoms with Gasteiger partial charge in [-0.15, -0.1) is 0 Å². The summed E-state index contributed by atoms with van der Waals surface area (Å²) in [5.74, 6) is -1.39. The molecule has 12 rings (SSSR count). The highest BCUT2D eigenvalue weighted by Crippen LogP contribution is 2.39. The van der Waals surface area contributed by atoms with Gasteiger partial charge in [-0.3, -0.25) is 4.57 Å². The van der Waals surface area contributed by atoms with E-state index in [2.05, 4.69) is 0 Å². The summed E-state index contributed by atoms with van der Waals surface area (Å²) >= 11 is 0. The number of rotatable bonds is 5. The monoisotopic (exact) mass is 776 g/mol. The van der Waals surface area contributed by atoms with Crippen molar-refractivity contribution in [3.8, 4) is 46.2 Å². The van der Waals surface area contributed by atoms with E-state index in [1.54, 1.807) is 6.07 Å². The molecule has 0 fully saturated rings. The van der Waals surface area contributed by atoms with Gasteiger partial charge in [0.05, 0.1) is 87.6 Å². The maximum absolute atomic E-state index is 10.3. The summed E-state index contributed by atoms with van der Waals surface area (Å²) in [6, 6.07) is -2.52. The molecule has 4 heterocycles. The summed E-state index contributed by atoms with van der Waals surface area (Å²) in [6.07, 6.45) is 0. The van der Waals surface area contributed by atoms with Crippen LogP contribution in [0.5, 0.6) is 0 Å². The lowest BCUT2D eigenvalue weighted by Gasteiger charge is -2.17. The summed E-state index contributed by atoms with van der Waals surface area (Å²) in [7, 11) is 0. The van der Waals surface area contributed by atoms with Crippen molar-refractivity contribution in [1.82, 2.24) is 28.7 Å². The third-order valence-electron chi connectivity index (χ3n) is 9.93. The molecule has 0 aliphatic carbocycles. The molecule has 7 heteroatoms. The fourth-order valence-electron chi connectivity index (χ4n) is 7.51. The Morgan fingerprint density at radius 3 is 1.22 bits per heavy atom. The smallest absolute Gasteiger partial charge is 0.238 e. The van der Waals surface area contributed by atoms with E-state index in [-0.39, 0.29) is 76.9 Å². The number of nitrogens with zero attached hydrogens (tertiary/aromatic N) is 7. The highest BCUT2D eigenvalue weighted by molar-refractivity contribution is 6.11. The van der Waals surface area contributed by atoms with Crippen molar-refractivity contribution < 1.29 is 31.5 Å². The first-order valence-electron chi connectivity index (χ1n) is 29.2. The first-order valence-corrected chi connectivity index (χ1v) is 17.7. The van der Waals surface area contributed by atoms with Gasteiger partial charge in [-0.2, -0.15) is 15.2 Å². The average Bonchev–Trinajstić information content (AvgIpc) is 1.90. The Labute approximate surface area is 370 Å². The van der Waals surface area contributed by atoms with Gasteiger partial charge in [0, 0.05) is 43.4 Å². The summed E-state index contributed by atoms with van der Waals surface area (Å²) in [5.41, 5.74) is -2.94. The molecular weight excluding hydrogens is 723 g/mol. The number of para-hydroxylation sites is 7. The van der Waals surface area contributed by atoms with Gasteiger partial charge in [0.25, 0.3) is 0 Å². The fourth-order valence-corrected chi connectivity index (χ4v) is 7.51. The van der Waals surface area contributed by atoms with Gasteiger partial charge >= 0.3 is 0 Å². The molecule has 0 aliphatic rings. The summed E-state index contributed by atoms with van der Waals surface area (Å²) in [5, 5.41) is 8.47. The molecule has 0 atom stereocenters. The quantitative estimate of drug-likeness (QED) is 0.174.